The first kappa shape index (κ1) is 22.6. The number of thiazole rings is 1. The third-order valence-electron chi connectivity index (χ3n) is 4.64. The molecule has 0 fully saturated rings. The summed E-state index contributed by atoms with van der Waals surface area (Å²) in [5, 5.41) is 2.49. The van der Waals surface area contributed by atoms with Crippen molar-refractivity contribution in [3.05, 3.63) is 83.8 Å². The quantitative estimate of drug-likeness (QED) is 0.274. The van der Waals surface area contributed by atoms with Gasteiger partial charge in [0, 0.05) is 11.3 Å². The van der Waals surface area contributed by atoms with Crippen molar-refractivity contribution in [2.75, 3.05) is 0 Å². The maximum atomic E-state index is 12.3. The normalized spacial score (nSPS) is 11.7. The minimum absolute atomic E-state index is 0.0973. The third-order valence-corrected chi connectivity index (χ3v) is 6.89. The smallest absolute Gasteiger partial charge is 0.287 e. The SMILES string of the molecule is CC(NC(=O)c1ccco1)C(=O)NNC(=O)c1ccc(CSc2nc3ccccc3s2)cc1. The third kappa shape index (κ3) is 5.79. The number of thioether (sulfide) groups is 1. The number of fused-ring (bicyclic) bond motifs is 1. The van der Waals surface area contributed by atoms with Gasteiger partial charge in [0.25, 0.3) is 17.7 Å². The minimum atomic E-state index is -0.871. The Kier molecular flexibility index (Phi) is 7.06. The van der Waals surface area contributed by atoms with Gasteiger partial charge in [0.15, 0.2) is 10.1 Å². The van der Waals surface area contributed by atoms with Crippen molar-refractivity contribution in [2.45, 2.75) is 23.1 Å². The summed E-state index contributed by atoms with van der Waals surface area (Å²) in [6, 6.07) is 17.3. The lowest BCUT2D eigenvalue weighted by Gasteiger charge is -2.14. The van der Waals surface area contributed by atoms with Crippen LogP contribution in [0.15, 0.2) is 75.7 Å². The molecule has 8 nitrogen and oxygen atoms in total. The largest absolute Gasteiger partial charge is 0.459 e. The van der Waals surface area contributed by atoms with Crippen LogP contribution in [0.25, 0.3) is 10.2 Å². The van der Waals surface area contributed by atoms with E-state index in [1.54, 1.807) is 41.3 Å². The molecule has 33 heavy (non-hydrogen) atoms. The summed E-state index contributed by atoms with van der Waals surface area (Å²) in [5.74, 6) is -0.718. The van der Waals surface area contributed by atoms with Gasteiger partial charge in [0.1, 0.15) is 6.04 Å². The molecule has 3 amide bonds. The molecule has 0 aliphatic carbocycles. The van der Waals surface area contributed by atoms with Gasteiger partial charge in [-0.15, -0.1) is 11.3 Å². The van der Waals surface area contributed by atoms with Crippen molar-refractivity contribution >= 4 is 51.0 Å². The molecule has 2 aromatic carbocycles. The zero-order valence-corrected chi connectivity index (χ0v) is 19.2. The van der Waals surface area contributed by atoms with Gasteiger partial charge >= 0.3 is 0 Å². The first-order valence-electron chi connectivity index (χ1n) is 10.0. The molecule has 0 spiro atoms. The summed E-state index contributed by atoms with van der Waals surface area (Å²) in [6.45, 7) is 1.50. The number of hydrazine groups is 1. The fourth-order valence-corrected chi connectivity index (χ4v) is 4.87. The van der Waals surface area contributed by atoms with Gasteiger partial charge in [-0.2, -0.15) is 0 Å². The molecule has 168 valence electrons. The van der Waals surface area contributed by atoms with Gasteiger partial charge in [-0.1, -0.05) is 36.0 Å². The summed E-state index contributed by atoms with van der Waals surface area (Å²) in [7, 11) is 0. The van der Waals surface area contributed by atoms with Crippen LogP contribution in [0.2, 0.25) is 0 Å². The van der Waals surface area contributed by atoms with Crippen molar-refractivity contribution in [2.24, 2.45) is 0 Å². The average Bonchev–Trinajstić information content (AvgIpc) is 3.51. The second-order valence-corrected chi connectivity index (χ2v) is 9.30. The Bertz CT molecular complexity index is 1240. The molecule has 4 aromatic rings. The predicted octanol–water partition coefficient (Wildman–Crippen LogP) is 3.76. The number of nitrogens with zero attached hydrogens (tertiary/aromatic N) is 1. The lowest BCUT2D eigenvalue weighted by molar-refractivity contribution is -0.123. The van der Waals surface area contributed by atoms with E-state index in [4.69, 9.17) is 4.42 Å². The number of aromatic nitrogens is 1. The standard InChI is InChI=1S/C23H20N4O4S2/c1-14(24-22(30)18-6-4-12-31-18)20(28)26-27-21(29)16-10-8-15(9-11-16)13-32-23-25-17-5-2-3-7-19(17)33-23/h2-12,14H,13H2,1H3,(H,24,30)(H,26,28)(H,27,29). The molecule has 0 saturated heterocycles. The van der Waals surface area contributed by atoms with E-state index in [0.29, 0.717) is 5.56 Å². The van der Waals surface area contributed by atoms with Crippen LogP contribution in [0.5, 0.6) is 0 Å². The Hall–Kier alpha value is -3.63. The summed E-state index contributed by atoms with van der Waals surface area (Å²) >= 11 is 3.30. The van der Waals surface area contributed by atoms with Gasteiger partial charge in [0.2, 0.25) is 0 Å². The molecule has 1 atom stereocenters. The van der Waals surface area contributed by atoms with Crippen molar-refractivity contribution in [1.82, 2.24) is 21.2 Å². The van der Waals surface area contributed by atoms with Crippen LogP contribution in [-0.4, -0.2) is 28.7 Å². The number of carbonyl (C=O) groups is 3. The fourth-order valence-electron chi connectivity index (χ4n) is 2.85. The second kappa shape index (κ2) is 10.3. The van der Waals surface area contributed by atoms with Crippen LogP contribution in [0.4, 0.5) is 0 Å². The van der Waals surface area contributed by atoms with Crippen molar-refractivity contribution in [3.8, 4) is 0 Å². The molecule has 0 aliphatic rings. The highest BCUT2D eigenvalue weighted by Gasteiger charge is 2.18. The molecule has 2 aromatic heterocycles. The van der Waals surface area contributed by atoms with Gasteiger partial charge in [-0.05, 0) is 48.9 Å². The second-order valence-electron chi connectivity index (χ2n) is 7.05. The number of hydrogen-bond donors (Lipinski definition) is 3. The molecule has 0 aliphatic heterocycles. The van der Waals surface area contributed by atoms with Crippen LogP contribution in [-0.2, 0) is 10.5 Å². The Morgan fingerprint density at radius 1 is 1.00 bits per heavy atom. The number of para-hydroxylation sites is 1. The predicted molar refractivity (Wildman–Crippen MR) is 127 cm³/mol. The number of carbonyl (C=O) groups excluding carboxylic acids is 3. The van der Waals surface area contributed by atoms with E-state index < -0.39 is 23.8 Å². The number of furan rings is 1. The van der Waals surface area contributed by atoms with Crippen molar-refractivity contribution in [1.29, 1.82) is 0 Å². The molecule has 2 heterocycles. The number of nitrogens with one attached hydrogen (secondary N) is 3. The monoisotopic (exact) mass is 480 g/mol. The highest BCUT2D eigenvalue weighted by atomic mass is 32.2. The van der Waals surface area contributed by atoms with Crippen LogP contribution in [0, 0.1) is 0 Å². The Morgan fingerprint density at radius 3 is 2.52 bits per heavy atom. The first-order valence-corrected chi connectivity index (χ1v) is 11.8. The summed E-state index contributed by atoms with van der Waals surface area (Å²) in [6.07, 6.45) is 1.37. The number of rotatable bonds is 7. The Labute approximate surface area is 197 Å². The molecule has 10 heteroatoms. The van der Waals surface area contributed by atoms with Crippen molar-refractivity contribution in [3.63, 3.8) is 0 Å². The lowest BCUT2D eigenvalue weighted by atomic mass is 10.1. The molecule has 3 N–H and O–H groups in total. The summed E-state index contributed by atoms with van der Waals surface area (Å²) < 4.78 is 7.13. The van der Waals surface area contributed by atoms with Crippen LogP contribution in [0.3, 0.4) is 0 Å². The Balaban J connectivity index is 1.24. The van der Waals surface area contributed by atoms with E-state index >= 15 is 0 Å². The zero-order chi connectivity index (χ0) is 23.2. The summed E-state index contributed by atoms with van der Waals surface area (Å²) in [4.78, 5) is 41.0. The maximum Gasteiger partial charge on any atom is 0.287 e. The molecular weight excluding hydrogens is 460 g/mol. The van der Waals surface area contributed by atoms with Crippen LogP contribution >= 0.6 is 23.1 Å². The zero-order valence-electron chi connectivity index (χ0n) is 17.5. The molecule has 1 unspecified atom stereocenters. The molecular formula is C23H20N4O4S2. The maximum absolute atomic E-state index is 12.3. The van der Waals surface area contributed by atoms with Crippen LogP contribution in [0.1, 0.15) is 33.4 Å². The number of amides is 3. The van der Waals surface area contributed by atoms with E-state index in [1.807, 2.05) is 30.3 Å². The van der Waals surface area contributed by atoms with Crippen LogP contribution < -0.4 is 16.2 Å². The van der Waals surface area contributed by atoms with E-state index in [-0.39, 0.29) is 5.76 Å². The minimum Gasteiger partial charge on any atom is -0.459 e. The van der Waals surface area contributed by atoms with E-state index in [9.17, 15) is 14.4 Å². The highest BCUT2D eigenvalue weighted by Crippen LogP contribution is 2.31. The van der Waals surface area contributed by atoms with Gasteiger partial charge in [-0.3, -0.25) is 25.2 Å². The van der Waals surface area contributed by atoms with Gasteiger partial charge < -0.3 is 9.73 Å². The van der Waals surface area contributed by atoms with Crippen molar-refractivity contribution < 1.29 is 18.8 Å². The molecule has 0 bridgehead atoms. The first-order chi connectivity index (χ1) is 16.0. The van der Waals surface area contributed by atoms with E-state index in [1.165, 1.54) is 19.3 Å². The van der Waals surface area contributed by atoms with Gasteiger partial charge in [-0.25, -0.2) is 4.98 Å². The fraction of sp³-hybridized carbons (Fsp3) is 0.130. The molecule has 0 radical (unpaired) electrons. The molecule has 0 saturated carbocycles. The van der Waals surface area contributed by atoms with E-state index in [0.717, 1.165) is 25.9 Å². The average molecular weight is 481 g/mol. The summed E-state index contributed by atoms with van der Waals surface area (Å²) in [5.41, 5.74) is 7.11. The lowest BCUT2D eigenvalue weighted by Crippen LogP contribution is -2.51. The number of hydrogen-bond acceptors (Lipinski definition) is 7. The highest BCUT2D eigenvalue weighted by molar-refractivity contribution is 8.00. The van der Waals surface area contributed by atoms with E-state index in [2.05, 4.69) is 27.2 Å². The van der Waals surface area contributed by atoms with Gasteiger partial charge in [0.05, 0.1) is 16.5 Å². The number of benzene rings is 2. The molecule has 4 rings (SSSR count). The topological polar surface area (TPSA) is 113 Å². The Morgan fingerprint density at radius 2 is 1.79 bits per heavy atom.